The van der Waals surface area contributed by atoms with Gasteiger partial charge in [0.15, 0.2) is 0 Å². The van der Waals surface area contributed by atoms with Crippen LogP contribution in [0, 0.1) is 13.8 Å². The zero-order valence-corrected chi connectivity index (χ0v) is 19.4. The van der Waals surface area contributed by atoms with Crippen LogP contribution in [0.2, 0.25) is 0 Å². The Morgan fingerprint density at radius 1 is 0.912 bits per heavy atom. The Kier molecular flexibility index (Phi) is 6.71. The van der Waals surface area contributed by atoms with Crippen LogP contribution in [0.5, 0.6) is 0 Å². The molecule has 9 nitrogen and oxygen atoms in total. The fourth-order valence-electron chi connectivity index (χ4n) is 3.20. The van der Waals surface area contributed by atoms with Crippen molar-refractivity contribution in [2.24, 2.45) is 0 Å². The summed E-state index contributed by atoms with van der Waals surface area (Å²) >= 11 is 0. The molecular weight excluding hydrogens is 454 g/mol. The number of benzene rings is 2. The van der Waals surface area contributed by atoms with Crippen molar-refractivity contribution < 1.29 is 17.6 Å². The summed E-state index contributed by atoms with van der Waals surface area (Å²) in [5.41, 5.74) is 3.39. The number of amides is 1. The second-order valence-electron chi connectivity index (χ2n) is 7.56. The van der Waals surface area contributed by atoms with Crippen LogP contribution in [0.15, 0.2) is 82.3 Å². The monoisotopic (exact) mass is 477 g/mol. The van der Waals surface area contributed by atoms with E-state index in [0.717, 1.165) is 17.1 Å². The van der Waals surface area contributed by atoms with E-state index in [1.165, 1.54) is 30.5 Å². The highest BCUT2D eigenvalue weighted by molar-refractivity contribution is 7.89. The summed E-state index contributed by atoms with van der Waals surface area (Å²) in [5, 5.41) is 5.88. The van der Waals surface area contributed by atoms with Gasteiger partial charge >= 0.3 is 0 Å². The molecule has 0 spiro atoms. The molecule has 0 saturated heterocycles. The van der Waals surface area contributed by atoms with Gasteiger partial charge in [-0.25, -0.2) is 23.1 Å². The third-order valence-corrected chi connectivity index (χ3v) is 6.24. The average Bonchev–Trinajstić information content (AvgIpc) is 3.32. The number of carbonyl (C=O) groups excluding carboxylic acids is 1. The fraction of sp³-hybridized carbons (Fsp3) is 0.125. The van der Waals surface area contributed by atoms with E-state index in [4.69, 9.17) is 4.42 Å². The quantitative estimate of drug-likeness (QED) is 0.348. The highest BCUT2D eigenvalue weighted by Crippen LogP contribution is 2.18. The molecule has 4 aromatic rings. The molecule has 2 heterocycles. The third kappa shape index (κ3) is 5.85. The largest absolute Gasteiger partial charge is 0.468 e. The summed E-state index contributed by atoms with van der Waals surface area (Å²) in [4.78, 5) is 21.4. The predicted molar refractivity (Wildman–Crippen MR) is 128 cm³/mol. The van der Waals surface area contributed by atoms with E-state index in [1.807, 2.05) is 19.9 Å². The van der Waals surface area contributed by atoms with E-state index < -0.39 is 10.0 Å². The van der Waals surface area contributed by atoms with Crippen LogP contribution in [0.4, 0.5) is 17.3 Å². The van der Waals surface area contributed by atoms with Crippen LogP contribution in [-0.4, -0.2) is 24.3 Å². The number of sulfonamides is 1. The molecule has 4 rings (SSSR count). The molecule has 1 amide bonds. The Morgan fingerprint density at radius 2 is 1.56 bits per heavy atom. The standard InChI is InChI=1S/C24H23N5O4S/c1-16-14-17(2)27-24(26-16)29-20-7-5-18(6-8-20)23(30)28-19-9-11-22(12-10-19)34(31,32)25-15-21-4-3-13-33-21/h3-14,25H,15H2,1-2H3,(H,28,30)(H,26,27,29). The first-order valence-corrected chi connectivity index (χ1v) is 11.9. The number of aryl methyl sites for hydroxylation is 2. The molecule has 0 aliphatic heterocycles. The van der Waals surface area contributed by atoms with Gasteiger partial charge in [0.1, 0.15) is 5.76 Å². The van der Waals surface area contributed by atoms with Crippen LogP contribution >= 0.6 is 0 Å². The number of carbonyl (C=O) groups is 1. The number of aromatic nitrogens is 2. The first-order valence-electron chi connectivity index (χ1n) is 10.4. The van der Waals surface area contributed by atoms with E-state index in [9.17, 15) is 13.2 Å². The van der Waals surface area contributed by atoms with E-state index in [2.05, 4.69) is 25.3 Å². The molecule has 2 aromatic heterocycles. The third-order valence-electron chi connectivity index (χ3n) is 4.82. The zero-order chi connectivity index (χ0) is 24.1. The minimum atomic E-state index is -3.71. The van der Waals surface area contributed by atoms with Gasteiger partial charge in [0.25, 0.3) is 5.91 Å². The maximum atomic E-state index is 12.6. The van der Waals surface area contributed by atoms with Crippen molar-refractivity contribution in [2.45, 2.75) is 25.3 Å². The van der Waals surface area contributed by atoms with Gasteiger partial charge in [0.05, 0.1) is 17.7 Å². The highest BCUT2D eigenvalue weighted by atomic mass is 32.2. The first kappa shape index (κ1) is 23.1. The van der Waals surface area contributed by atoms with Crippen molar-refractivity contribution in [3.05, 3.63) is 95.7 Å². The normalized spacial score (nSPS) is 11.2. The van der Waals surface area contributed by atoms with Crippen LogP contribution in [-0.2, 0) is 16.6 Å². The fourth-order valence-corrected chi connectivity index (χ4v) is 4.19. The minimum Gasteiger partial charge on any atom is -0.468 e. The number of furan rings is 1. The zero-order valence-electron chi connectivity index (χ0n) is 18.6. The lowest BCUT2D eigenvalue weighted by molar-refractivity contribution is 0.102. The van der Waals surface area contributed by atoms with Gasteiger partial charge in [0, 0.05) is 28.3 Å². The van der Waals surface area contributed by atoms with E-state index >= 15 is 0 Å². The number of rotatable bonds is 8. The number of anilines is 3. The molecule has 0 saturated carbocycles. The lowest BCUT2D eigenvalue weighted by Gasteiger charge is -2.09. The van der Waals surface area contributed by atoms with Crippen molar-refractivity contribution >= 4 is 33.3 Å². The smallest absolute Gasteiger partial charge is 0.255 e. The van der Waals surface area contributed by atoms with Crippen molar-refractivity contribution in [1.29, 1.82) is 0 Å². The molecule has 34 heavy (non-hydrogen) atoms. The van der Waals surface area contributed by atoms with Crippen molar-refractivity contribution in [3.63, 3.8) is 0 Å². The second kappa shape index (κ2) is 9.86. The lowest BCUT2D eigenvalue weighted by atomic mass is 10.2. The molecule has 0 aliphatic rings. The van der Waals surface area contributed by atoms with Gasteiger partial charge < -0.3 is 15.1 Å². The molecule has 174 valence electrons. The second-order valence-corrected chi connectivity index (χ2v) is 9.33. The molecule has 0 atom stereocenters. The predicted octanol–water partition coefficient (Wildman–Crippen LogP) is 4.16. The Labute approximate surface area is 197 Å². The van der Waals surface area contributed by atoms with Crippen LogP contribution in [0.3, 0.4) is 0 Å². The number of nitrogens with zero attached hydrogens (tertiary/aromatic N) is 2. The number of hydrogen-bond donors (Lipinski definition) is 3. The van der Waals surface area contributed by atoms with E-state index in [-0.39, 0.29) is 17.3 Å². The molecule has 0 unspecified atom stereocenters. The topological polar surface area (TPSA) is 126 Å². The molecule has 0 radical (unpaired) electrons. The molecule has 0 bridgehead atoms. The first-order chi connectivity index (χ1) is 16.3. The molecule has 0 fully saturated rings. The summed E-state index contributed by atoms with van der Waals surface area (Å²) in [6.45, 7) is 3.84. The SMILES string of the molecule is Cc1cc(C)nc(Nc2ccc(C(=O)Nc3ccc(S(=O)(=O)NCc4ccco4)cc3)cc2)n1. The summed E-state index contributed by atoms with van der Waals surface area (Å²) in [5.74, 6) is 0.680. The Hall–Kier alpha value is -4.02. The molecule has 0 aliphatic carbocycles. The van der Waals surface area contributed by atoms with Crippen LogP contribution in [0.25, 0.3) is 0 Å². The summed E-state index contributed by atoms with van der Waals surface area (Å²) in [6, 6.07) is 18.1. The van der Waals surface area contributed by atoms with Crippen molar-refractivity contribution in [3.8, 4) is 0 Å². The molecule has 10 heteroatoms. The maximum Gasteiger partial charge on any atom is 0.255 e. The van der Waals surface area contributed by atoms with Gasteiger partial charge in [-0.2, -0.15) is 0 Å². The van der Waals surface area contributed by atoms with Crippen molar-refractivity contribution in [1.82, 2.24) is 14.7 Å². The number of hydrogen-bond acceptors (Lipinski definition) is 7. The van der Waals surface area contributed by atoms with Gasteiger partial charge in [-0.1, -0.05) is 0 Å². The van der Waals surface area contributed by atoms with Crippen LogP contribution < -0.4 is 15.4 Å². The molecule has 3 N–H and O–H groups in total. The Morgan fingerprint density at radius 3 is 2.18 bits per heavy atom. The molecular formula is C24H23N5O4S. The highest BCUT2D eigenvalue weighted by Gasteiger charge is 2.15. The van der Waals surface area contributed by atoms with E-state index in [0.29, 0.717) is 23.0 Å². The van der Waals surface area contributed by atoms with Crippen LogP contribution in [0.1, 0.15) is 27.5 Å². The Balaban J connectivity index is 1.36. The summed E-state index contributed by atoms with van der Waals surface area (Å²) in [7, 11) is -3.71. The summed E-state index contributed by atoms with van der Waals surface area (Å²) in [6.07, 6.45) is 1.48. The average molecular weight is 478 g/mol. The van der Waals surface area contributed by atoms with E-state index in [1.54, 1.807) is 36.4 Å². The summed E-state index contributed by atoms with van der Waals surface area (Å²) < 4.78 is 32.5. The van der Waals surface area contributed by atoms with Gasteiger partial charge in [0.2, 0.25) is 16.0 Å². The van der Waals surface area contributed by atoms with Gasteiger partial charge in [-0.3, -0.25) is 4.79 Å². The van der Waals surface area contributed by atoms with Gasteiger partial charge in [-0.05, 0) is 80.6 Å². The molecule has 2 aromatic carbocycles. The lowest BCUT2D eigenvalue weighted by Crippen LogP contribution is -2.23. The number of nitrogens with one attached hydrogen (secondary N) is 3. The Bertz CT molecular complexity index is 1360. The minimum absolute atomic E-state index is 0.0499. The van der Waals surface area contributed by atoms with Gasteiger partial charge in [-0.15, -0.1) is 0 Å². The van der Waals surface area contributed by atoms with Crippen molar-refractivity contribution in [2.75, 3.05) is 10.6 Å². The maximum absolute atomic E-state index is 12.6.